The van der Waals surface area contributed by atoms with E-state index in [1.54, 1.807) is 0 Å². The molecule has 0 saturated heterocycles. The third-order valence-corrected chi connectivity index (χ3v) is 7.85. The molecule has 3 aliphatic rings. The molecule has 5 nitrogen and oxygen atoms in total. The van der Waals surface area contributed by atoms with E-state index < -0.39 is 10.3 Å². The van der Waals surface area contributed by atoms with Crippen LogP contribution >= 0.6 is 0 Å². The Morgan fingerprint density at radius 2 is 2.04 bits per heavy atom. The average Bonchev–Trinajstić information content (AvgIpc) is 2.88. The lowest BCUT2D eigenvalue weighted by Gasteiger charge is -2.50. The Bertz CT molecular complexity index is 821. The zero-order valence-electron chi connectivity index (χ0n) is 15.6. The number of aryl methyl sites for hydroxylation is 2. The minimum Gasteiger partial charge on any atom is -0.393 e. The standard InChI is InChI=1S/C20H29NO4S/c1-3-12-10-16-13(11-18(12)25-26(21,23)24)4-5-15-14(16)8-9-20(2)17(15)6-7-19(20)22/h10-11,14-15,17,19,22H,3-9H2,1-2H3,(H2,21,23,24)/t14?,15?,17?,19-,20-/m0/s1. The second-order valence-electron chi connectivity index (χ2n) is 8.64. The fraction of sp³-hybridized carbons (Fsp3) is 0.700. The molecule has 5 atom stereocenters. The first-order valence-corrected chi connectivity index (χ1v) is 11.3. The molecule has 0 heterocycles. The van der Waals surface area contributed by atoms with E-state index in [9.17, 15) is 13.5 Å². The molecule has 26 heavy (non-hydrogen) atoms. The highest BCUT2D eigenvalue weighted by Crippen LogP contribution is 2.61. The fourth-order valence-electron chi connectivity index (χ4n) is 6.10. The molecular weight excluding hydrogens is 350 g/mol. The van der Waals surface area contributed by atoms with Gasteiger partial charge in [-0.05, 0) is 90.9 Å². The number of benzene rings is 1. The summed E-state index contributed by atoms with van der Waals surface area (Å²) in [6.45, 7) is 4.28. The first-order valence-electron chi connectivity index (χ1n) is 9.79. The van der Waals surface area contributed by atoms with Crippen LogP contribution in [0.3, 0.4) is 0 Å². The molecule has 144 valence electrons. The van der Waals surface area contributed by atoms with Crippen molar-refractivity contribution in [1.82, 2.24) is 0 Å². The van der Waals surface area contributed by atoms with E-state index in [-0.39, 0.29) is 11.5 Å². The highest BCUT2D eigenvalue weighted by atomic mass is 32.2. The number of aliphatic hydroxyl groups excluding tert-OH is 1. The van der Waals surface area contributed by atoms with Gasteiger partial charge in [0.15, 0.2) is 0 Å². The van der Waals surface area contributed by atoms with Gasteiger partial charge in [0.05, 0.1) is 6.10 Å². The van der Waals surface area contributed by atoms with E-state index in [1.807, 2.05) is 13.0 Å². The Morgan fingerprint density at radius 1 is 1.27 bits per heavy atom. The van der Waals surface area contributed by atoms with E-state index in [4.69, 9.17) is 9.32 Å². The second-order valence-corrected chi connectivity index (χ2v) is 9.79. The number of fused-ring (bicyclic) bond motifs is 5. The number of hydrogen-bond acceptors (Lipinski definition) is 4. The molecule has 2 saturated carbocycles. The van der Waals surface area contributed by atoms with Gasteiger partial charge in [-0.3, -0.25) is 0 Å². The van der Waals surface area contributed by atoms with E-state index in [1.165, 1.54) is 11.1 Å². The molecule has 0 aliphatic heterocycles. The average molecular weight is 380 g/mol. The van der Waals surface area contributed by atoms with Crippen molar-refractivity contribution in [3.63, 3.8) is 0 Å². The second kappa shape index (κ2) is 6.21. The fourth-order valence-corrected chi connectivity index (χ4v) is 6.50. The third-order valence-electron chi connectivity index (χ3n) is 7.44. The van der Waals surface area contributed by atoms with Crippen LogP contribution in [0, 0.1) is 17.3 Å². The van der Waals surface area contributed by atoms with Gasteiger partial charge in [0.25, 0.3) is 0 Å². The minimum absolute atomic E-state index is 0.0724. The summed E-state index contributed by atoms with van der Waals surface area (Å²) in [4.78, 5) is 0. The first kappa shape index (κ1) is 18.3. The Labute approximate surface area is 156 Å². The van der Waals surface area contributed by atoms with Crippen LogP contribution in [0.5, 0.6) is 5.75 Å². The number of aliphatic hydroxyl groups is 1. The van der Waals surface area contributed by atoms with Gasteiger partial charge in [-0.15, -0.1) is 0 Å². The zero-order chi connectivity index (χ0) is 18.7. The highest BCUT2D eigenvalue weighted by Gasteiger charge is 2.54. The minimum atomic E-state index is -4.01. The van der Waals surface area contributed by atoms with Crippen molar-refractivity contribution < 1.29 is 17.7 Å². The van der Waals surface area contributed by atoms with Crippen LogP contribution in [0.2, 0.25) is 0 Å². The highest BCUT2D eigenvalue weighted by molar-refractivity contribution is 7.84. The normalized spacial score (nSPS) is 36.2. The van der Waals surface area contributed by atoms with Gasteiger partial charge < -0.3 is 9.29 Å². The van der Waals surface area contributed by atoms with Crippen molar-refractivity contribution in [2.75, 3.05) is 0 Å². The quantitative estimate of drug-likeness (QED) is 0.845. The van der Waals surface area contributed by atoms with Crippen LogP contribution in [0.4, 0.5) is 0 Å². The lowest BCUT2D eigenvalue weighted by Crippen LogP contribution is -2.44. The summed E-state index contributed by atoms with van der Waals surface area (Å²) < 4.78 is 27.8. The first-order chi connectivity index (χ1) is 12.2. The van der Waals surface area contributed by atoms with E-state index in [0.717, 1.165) is 44.1 Å². The Morgan fingerprint density at radius 3 is 2.73 bits per heavy atom. The van der Waals surface area contributed by atoms with Gasteiger partial charge >= 0.3 is 10.3 Å². The maximum absolute atomic E-state index is 11.4. The van der Waals surface area contributed by atoms with E-state index in [0.29, 0.717) is 29.9 Å². The van der Waals surface area contributed by atoms with Crippen LogP contribution in [0.1, 0.15) is 68.6 Å². The van der Waals surface area contributed by atoms with Gasteiger partial charge in [-0.1, -0.05) is 19.9 Å². The Hall–Kier alpha value is -1.11. The van der Waals surface area contributed by atoms with Crippen molar-refractivity contribution in [2.24, 2.45) is 22.4 Å². The summed E-state index contributed by atoms with van der Waals surface area (Å²) in [5, 5.41) is 15.6. The molecule has 1 aromatic carbocycles. The van der Waals surface area contributed by atoms with Crippen molar-refractivity contribution in [1.29, 1.82) is 0 Å². The lowest BCUT2D eigenvalue weighted by atomic mass is 9.55. The molecule has 0 bridgehead atoms. The van der Waals surface area contributed by atoms with Crippen LogP contribution in [-0.2, 0) is 23.1 Å². The maximum Gasteiger partial charge on any atom is 0.380 e. The lowest BCUT2D eigenvalue weighted by molar-refractivity contribution is -0.0226. The number of hydrogen-bond donors (Lipinski definition) is 2. The summed E-state index contributed by atoms with van der Waals surface area (Å²) in [5.74, 6) is 2.10. The largest absolute Gasteiger partial charge is 0.393 e. The SMILES string of the molecule is CCc1cc2c(cc1OS(N)(=O)=O)CCC1C2CC[C@@]2(C)C1CC[C@@H]2O. The Kier molecular flexibility index (Phi) is 4.36. The van der Waals surface area contributed by atoms with Crippen LogP contribution in [0.15, 0.2) is 12.1 Å². The number of nitrogens with two attached hydrogens (primary N) is 1. The van der Waals surface area contributed by atoms with Gasteiger partial charge in [0, 0.05) is 0 Å². The van der Waals surface area contributed by atoms with Gasteiger partial charge in [0.1, 0.15) is 5.75 Å². The molecule has 0 amide bonds. The number of rotatable bonds is 3. The van der Waals surface area contributed by atoms with Crippen molar-refractivity contribution in [2.45, 2.75) is 70.8 Å². The van der Waals surface area contributed by atoms with Gasteiger partial charge in [-0.2, -0.15) is 13.6 Å². The van der Waals surface area contributed by atoms with Crippen molar-refractivity contribution >= 4 is 10.3 Å². The summed E-state index contributed by atoms with van der Waals surface area (Å²) >= 11 is 0. The topological polar surface area (TPSA) is 89.6 Å². The predicted octanol–water partition coefficient (Wildman–Crippen LogP) is 3.05. The zero-order valence-corrected chi connectivity index (χ0v) is 16.4. The monoisotopic (exact) mass is 379 g/mol. The molecule has 2 fully saturated rings. The molecular formula is C20H29NO4S. The molecule has 3 N–H and O–H groups in total. The molecule has 3 aliphatic carbocycles. The van der Waals surface area contributed by atoms with Gasteiger partial charge in [-0.25, -0.2) is 0 Å². The predicted molar refractivity (Wildman–Crippen MR) is 100 cm³/mol. The summed E-state index contributed by atoms with van der Waals surface area (Å²) in [5.41, 5.74) is 3.54. The molecule has 4 rings (SSSR count). The summed E-state index contributed by atoms with van der Waals surface area (Å²) in [6.07, 6.45) is 6.80. The molecule has 3 unspecified atom stereocenters. The smallest absolute Gasteiger partial charge is 0.380 e. The van der Waals surface area contributed by atoms with Crippen LogP contribution in [-0.4, -0.2) is 19.6 Å². The summed E-state index contributed by atoms with van der Waals surface area (Å²) in [6, 6.07) is 4.05. The van der Waals surface area contributed by atoms with Crippen LogP contribution in [0.25, 0.3) is 0 Å². The summed E-state index contributed by atoms with van der Waals surface area (Å²) in [7, 11) is -4.01. The van der Waals surface area contributed by atoms with Crippen molar-refractivity contribution in [3.8, 4) is 5.75 Å². The van der Waals surface area contributed by atoms with Crippen molar-refractivity contribution in [3.05, 3.63) is 28.8 Å². The van der Waals surface area contributed by atoms with Crippen LogP contribution < -0.4 is 9.32 Å². The van der Waals surface area contributed by atoms with E-state index in [2.05, 4.69) is 13.0 Å². The van der Waals surface area contributed by atoms with E-state index >= 15 is 0 Å². The Balaban J connectivity index is 1.70. The van der Waals surface area contributed by atoms with Gasteiger partial charge in [0.2, 0.25) is 0 Å². The third kappa shape index (κ3) is 2.86. The molecule has 0 spiro atoms. The molecule has 1 aromatic rings. The maximum atomic E-state index is 11.4. The molecule has 0 aromatic heterocycles. The molecule has 6 heteroatoms. The molecule has 0 radical (unpaired) electrons.